The lowest BCUT2D eigenvalue weighted by atomic mass is 10.3. The van der Waals surface area contributed by atoms with Crippen LogP contribution in [-0.2, 0) is 0 Å². The van der Waals surface area contributed by atoms with Gasteiger partial charge in [-0.25, -0.2) is 0 Å². The molecule has 0 heterocycles. The number of para-hydroxylation sites is 1. The van der Waals surface area contributed by atoms with Gasteiger partial charge in [-0.05, 0) is 64.7 Å². The van der Waals surface area contributed by atoms with E-state index < -0.39 is 0 Å². The van der Waals surface area contributed by atoms with Crippen molar-refractivity contribution in [1.82, 2.24) is 14.7 Å². The number of likely N-dealkylation sites (N-methyl/N-ethyl adjacent to an activating group) is 3. The lowest BCUT2D eigenvalue weighted by Crippen LogP contribution is -2.29. The van der Waals surface area contributed by atoms with Crippen molar-refractivity contribution in [3.05, 3.63) is 18.2 Å². The molecule has 39 heavy (non-hydrogen) atoms. The molecule has 0 aromatic heterocycles. The number of hydrogen-bond donors (Lipinski definition) is 0. The molecule has 0 unspecified atom stereocenters. The summed E-state index contributed by atoms with van der Waals surface area (Å²) >= 11 is 6.86. The van der Waals surface area contributed by atoms with Gasteiger partial charge in [-0.3, -0.25) is 0 Å². The van der Waals surface area contributed by atoms with Crippen LogP contribution in [-0.4, -0.2) is 107 Å². The van der Waals surface area contributed by atoms with Gasteiger partial charge in [0.25, 0.3) is 0 Å². The predicted molar refractivity (Wildman–Crippen MR) is 200 cm³/mol. The first-order valence-electron chi connectivity index (χ1n) is 14.7. The van der Waals surface area contributed by atoms with Crippen molar-refractivity contribution in [3.63, 3.8) is 0 Å². The molecule has 0 atom stereocenters. The van der Waals surface area contributed by atoms with Gasteiger partial charge in [0.2, 0.25) is 5.75 Å². The Morgan fingerprint density at radius 2 is 0.744 bits per heavy atom. The molecule has 0 N–H and O–H groups in total. The Hall–Kier alpha value is 0.690. The van der Waals surface area contributed by atoms with Crippen LogP contribution in [0.3, 0.4) is 0 Å². The molecule has 1 aromatic rings. The summed E-state index contributed by atoms with van der Waals surface area (Å²) in [5.41, 5.74) is 0. The fourth-order valence-corrected chi connectivity index (χ4v) is 3.33. The molecular formula is C30H60I3N3O3. The molecule has 0 saturated heterocycles. The summed E-state index contributed by atoms with van der Waals surface area (Å²) in [5, 5.41) is 0. The monoisotopic (exact) mass is 891 g/mol. The minimum Gasteiger partial charge on any atom is -0.488 e. The minimum absolute atomic E-state index is 0.616. The second kappa shape index (κ2) is 34.9. The number of benzene rings is 1. The Labute approximate surface area is 284 Å². The maximum absolute atomic E-state index is 6.20. The lowest BCUT2D eigenvalue weighted by molar-refractivity contribution is 0.184. The van der Waals surface area contributed by atoms with Crippen molar-refractivity contribution < 1.29 is 14.2 Å². The molecule has 0 spiro atoms. The highest BCUT2D eigenvalue weighted by atomic mass is 127. The molecular weight excluding hydrogens is 831 g/mol. The van der Waals surface area contributed by atoms with E-state index in [4.69, 9.17) is 14.2 Å². The molecule has 0 aliphatic rings. The summed E-state index contributed by atoms with van der Waals surface area (Å²) in [6.45, 7) is 30.1. The van der Waals surface area contributed by atoms with Crippen molar-refractivity contribution in [2.75, 3.05) is 92.0 Å². The van der Waals surface area contributed by atoms with Gasteiger partial charge in [-0.2, -0.15) is 0 Å². The van der Waals surface area contributed by atoms with Gasteiger partial charge in [-0.1, -0.05) is 136 Å². The largest absolute Gasteiger partial charge is 0.488 e. The number of alkyl halides is 3. The molecule has 0 aliphatic heterocycles. The van der Waals surface area contributed by atoms with Gasteiger partial charge in [0, 0.05) is 19.6 Å². The van der Waals surface area contributed by atoms with Crippen molar-refractivity contribution in [3.8, 4) is 17.2 Å². The lowest BCUT2D eigenvalue weighted by Gasteiger charge is -2.22. The second-order valence-electron chi connectivity index (χ2n) is 8.01. The quantitative estimate of drug-likeness (QED) is 0.110. The maximum Gasteiger partial charge on any atom is 0.203 e. The van der Waals surface area contributed by atoms with E-state index in [2.05, 4.69) is 145 Å². The number of nitrogens with zero attached hydrogens (tertiary/aromatic N) is 3. The molecule has 0 amide bonds. The van der Waals surface area contributed by atoms with E-state index in [0.29, 0.717) is 19.8 Å². The number of rotatable bonds is 18. The molecule has 0 bridgehead atoms. The first kappa shape index (κ1) is 44.1. The van der Waals surface area contributed by atoms with Crippen LogP contribution >= 0.6 is 67.8 Å². The summed E-state index contributed by atoms with van der Waals surface area (Å²) in [6.07, 6.45) is 0. The number of ether oxygens (including phenoxy) is 3. The van der Waals surface area contributed by atoms with Gasteiger partial charge in [0.1, 0.15) is 19.8 Å². The third kappa shape index (κ3) is 26.1. The van der Waals surface area contributed by atoms with E-state index in [1.807, 2.05) is 18.2 Å². The summed E-state index contributed by atoms with van der Waals surface area (Å²) < 4.78 is 22.1. The van der Waals surface area contributed by atoms with Crippen molar-refractivity contribution in [2.45, 2.75) is 62.3 Å². The molecule has 6 nitrogen and oxygen atoms in total. The van der Waals surface area contributed by atoms with Crippen LogP contribution in [0.1, 0.15) is 62.3 Å². The Kier molecular flexibility index (Phi) is 39.5. The third-order valence-electron chi connectivity index (χ3n) is 5.61. The normalized spacial score (nSPS) is 10.2. The highest BCUT2D eigenvalue weighted by molar-refractivity contribution is 14.1. The van der Waals surface area contributed by atoms with Crippen molar-refractivity contribution in [1.29, 1.82) is 0 Å². The molecule has 0 radical (unpaired) electrons. The fraction of sp³-hybridized carbons (Fsp3) is 0.800. The summed E-state index contributed by atoms with van der Waals surface area (Å²) in [6, 6.07) is 5.94. The molecule has 1 aromatic carbocycles. The van der Waals surface area contributed by atoms with Crippen LogP contribution in [0, 0.1) is 0 Å². The number of halogens is 3. The second-order valence-corrected chi connectivity index (χ2v) is 12.6. The van der Waals surface area contributed by atoms with Gasteiger partial charge in [0.15, 0.2) is 11.5 Å². The number of hydrogen-bond acceptors (Lipinski definition) is 6. The Morgan fingerprint density at radius 3 is 1.00 bits per heavy atom. The summed E-state index contributed by atoms with van der Waals surface area (Å²) in [7, 11) is 0. The van der Waals surface area contributed by atoms with Gasteiger partial charge in [-0.15, -0.1) is 0 Å². The first-order chi connectivity index (χ1) is 18.9. The van der Waals surface area contributed by atoms with Crippen LogP contribution in [0.4, 0.5) is 0 Å². The molecule has 234 valence electrons. The van der Waals surface area contributed by atoms with E-state index in [9.17, 15) is 0 Å². The Bertz CT molecular complexity index is 563. The smallest absolute Gasteiger partial charge is 0.203 e. The molecule has 1 rings (SSSR count). The van der Waals surface area contributed by atoms with Crippen LogP contribution in [0.15, 0.2) is 18.2 Å². The first-order valence-corrected chi connectivity index (χ1v) is 19.3. The van der Waals surface area contributed by atoms with E-state index in [-0.39, 0.29) is 0 Å². The maximum atomic E-state index is 6.20. The fourth-order valence-electron chi connectivity index (χ4n) is 3.33. The average molecular weight is 892 g/mol. The predicted octanol–water partition coefficient (Wildman–Crippen LogP) is 8.17. The Morgan fingerprint density at radius 1 is 0.487 bits per heavy atom. The van der Waals surface area contributed by atoms with Crippen LogP contribution in [0.2, 0.25) is 0 Å². The molecule has 0 aliphatic carbocycles. The zero-order valence-corrected chi connectivity index (χ0v) is 33.0. The highest BCUT2D eigenvalue weighted by Crippen LogP contribution is 2.37. The van der Waals surface area contributed by atoms with Gasteiger partial charge in [0.05, 0.1) is 0 Å². The van der Waals surface area contributed by atoms with E-state index in [0.717, 1.165) is 76.2 Å². The highest BCUT2D eigenvalue weighted by Gasteiger charge is 2.14. The van der Waals surface area contributed by atoms with Crippen molar-refractivity contribution in [2.24, 2.45) is 0 Å². The van der Waals surface area contributed by atoms with E-state index in [1.165, 1.54) is 13.3 Å². The zero-order valence-electron chi connectivity index (χ0n) is 26.5. The van der Waals surface area contributed by atoms with E-state index >= 15 is 0 Å². The van der Waals surface area contributed by atoms with Gasteiger partial charge < -0.3 is 28.9 Å². The van der Waals surface area contributed by atoms with Crippen LogP contribution < -0.4 is 14.2 Å². The van der Waals surface area contributed by atoms with Crippen LogP contribution in [0.5, 0.6) is 17.2 Å². The molecule has 9 heteroatoms. The topological polar surface area (TPSA) is 37.4 Å². The SMILES string of the molecule is CCI.CCI.CCI.CCN(CC)CCOc1cccc(OCCN(CC)CC)c1OCCN(CC)CC. The van der Waals surface area contributed by atoms with E-state index in [1.54, 1.807) is 0 Å². The van der Waals surface area contributed by atoms with Gasteiger partial charge >= 0.3 is 0 Å². The minimum atomic E-state index is 0.616. The standard InChI is InChI=1S/C24H45N3O3.3C2H5I/c1-7-25(8-2)16-19-28-22-14-13-15-23(29-20-17-26(9-3)10-4)24(22)30-21-18-27(11-5)12-6;3*1-2-3/h13-15H,7-12,16-21H2,1-6H3;3*2H2,1H3. The third-order valence-corrected chi connectivity index (χ3v) is 5.61. The molecule has 0 saturated carbocycles. The zero-order chi connectivity index (χ0) is 30.3. The summed E-state index contributed by atoms with van der Waals surface area (Å²) in [4.78, 5) is 7.06. The Balaban J connectivity index is -0.00000126. The summed E-state index contributed by atoms with van der Waals surface area (Å²) in [5.74, 6) is 2.26. The van der Waals surface area contributed by atoms with Crippen molar-refractivity contribution >= 4 is 67.8 Å². The van der Waals surface area contributed by atoms with Crippen LogP contribution in [0.25, 0.3) is 0 Å². The average Bonchev–Trinajstić information content (AvgIpc) is 2.94. The molecule has 0 fully saturated rings.